The molecule has 0 aliphatic heterocycles. The van der Waals surface area contributed by atoms with Crippen molar-refractivity contribution < 1.29 is 38.3 Å². The molecule has 2 aromatic rings. The average molecular weight is 547 g/mol. The van der Waals surface area contributed by atoms with Gasteiger partial charge < -0.3 is 25.0 Å². The highest BCUT2D eigenvalue weighted by molar-refractivity contribution is 7.10. The minimum atomic E-state index is -1.40. The van der Waals surface area contributed by atoms with Crippen molar-refractivity contribution in [2.24, 2.45) is 0 Å². The Morgan fingerprint density at radius 1 is 0.816 bits per heavy atom. The first-order chi connectivity index (χ1) is 18.2. The largest absolute Gasteiger partial charge is 0.464 e. The zero-order valence-corrected chi connectivity index (χ0v) is 22.1. The molecule has 2 aromatic carbocycles. The molecule has 0 saturated heterocycles. The van der Waals surface area contributed by atoms with E-state index in [1.54, 1.807) is 36.4 Å². The number of rotatable bonds is 11. The van der Waals surface area contributed by atoms with E-state index in [2.05, 4.69) is 25.2 Å². The predicted octanol–water partition coefficient (Wildman–Crippen LogP) is 4.64. The summed E-state index contributed by atoms with van der Waals surface area (Å²) in [5.41, 5.74) is 2.69. The van der Waals surface area contributed by atoms with E-state index in [4.69, 9.17) is 0 Å². The Balaban J connectivity index is 1.78. The molecular formula is C25H31N4O8P. The Bertz CT molecular complexity index is 1110. The molecule has 0 spiro atoms. The molecule has 1 atom stereocenters. The summed E-state index contributed by atoms with van der Waals surface area (Å²) in [6.07, 6.45) is 0.618. The third-order valence-electron chi connectivity index (χ3n) is 5.19. The highest BCUT2D eigenvalue weighted by Gasteiger charge is 2.22. The van der Waals surface area contributed by atoms with Gasteiger partial charge in [0.05, 0.1) is 15.2 Å². The van der Waals surface area contributed by atoms with Crippen molar-refractivity contribution >= 4 is 51.1 Å². The van der Waals surface area contributed by atoms with Crippen LogP contribution in [-0.2, 0) is 20.5 Å². The topological polar surface area (TPSA) is 163 Å². The van der Waals surface area contributed by atoms with Crippen LogP contribution >= 0.6 is 9.47 Å². The maximum Gasteiger partial charge on any atom is 0.420 e. The molecule has 0 fully saturated rings. The van der Waals surface area contributed by atoms with Crippen LogP contribution in [0.3, 0.4) is 0 Å². The average Bonchev–Trinajstić information content (AvgIpc) is 2.87. The second-order valence-corrected chi connectivity index (χ2v) is 8.38. The summed E-state index contributed by atoms with van der Waals surface area (Å²) in [6.45, 7) is 1.79. The number of urea groups is 1. The van der Waals surface area contributed by atoms with Crippen LogP contribution in [0, 0.1) is 0 Å². The van der Waals surface area contributed by atoms with Gasteiger partial charge in [-0.25, -0.2) is 19.2 Å². The van der Waals surface area contributed by atoms with Gasteiger partial charge in [0.15, 0.2) is 0 Å². The van der Waals surface area contributed by atoms with Crippen molar-refractivity contribution in [1.29, 1.82) is 0 Å². The van der Waals surface area contributed by atoms with Crippen molar-refractivity contribution in [3.8, 4) is 0 Å². The lowest BCUT2D eigenvalue weighted by Gasteiger charge is -2.18. The summed E-state index contributed by atoms with van der Waals surface area (Å²) in [5.74, 6) is -0.678. The molecule has 0 saturated carbocycles. The standard InChI is InChI=1S/C25H31N4O8P/c1-17(30)36-23(32)27-15-5-3-2-4-14-26-22(31)29(25(34)35)21-12-8-19(9-13-21)16-18-6-10-20(11-7-18)28-24(33)37-38/h6-13H,2-5,14-16,38H2,1H3,(H,26,31)(H,27,32)(H,28,33)(H,34,35). The number of amides is 5. The van der Waals surface area contributed by atoms with Crippen LogP contribution in [0.15, 0.2) is 48.5 Å². The van der Waals surface area contributed by atoms with E-state index >= 15 is 0 Å². The number of imide groups is 1. The second-order valence-electron chi connectivity index (χ2n) is 8.14. The Labute approximate surface area is 222 Å². The van der Waals surface area contributed by atoms with E-state index < -0.39 is 30.3 Å². The predicted molar refractivity (Wildman–Crippen MR) is 143 cm³/mol. The molecule has 0 bridgehead atoms. The number of carbonyl (C=O) groups excluding carboxylic acids is 4. The smallest absolute Gasteiger partial charge is 0.420 e. The van der Waals surface area contributed by atoms with Gasteiger partial charge in [0.2, 0.25) is 0 Å². The molecular weight excluding hydrogens is 515 g/mol. The summed E-state index contributed by atoms with van der Waals surface area (Å²) in [4.78, 5) is 58.0. The van der Waals surface area contributed by atoms with Gasteiger partial charge in [0.1, 0.15) is 0 Å². The van der Waals surface area contributed by atoms with Crippen LogP contribution in [0.25, 0.3) is 0 Å². The summed E-state index contributed by atoms with van der Waals surface area (Å²) in [6, 6.07) is 13.1. The molecule has 2 rings (SSSR count). The first-order valence-corrected chi connectivity index (χ1v) is 12.3. The number of ether oxygens (including phenoxy) is 1. The van der Waals surface area contributed by atoms with E-state index in [-0.39, 0.29) is 5.69 Å². The number of alkyl carbamates (subject to hydrolysis) is 1. The molecule has 0 aliphatic rings. The number of esters is 1. The molecule has 5 amide bonds. The summed E-state index contributed by atoms with van der Waals surface area (Å²) in [5, 5.41) is 17.2. The van der Waals surface area contributed by atoms with Crippen molar-refractivity contribution in [3.05, 3.63) is 59.7 Å². The molecule has 0 heterocycles. The van der Waals surface area contributed by atoms with Gasteiger partial charge in [-0.3, -0.25) is 10.1 Å². The zero-order valence-electron chi connectivity index (χ0n) is 20.9. The van der Waals surface area contributed by atoms with Gasteiger partial charge >= 0.3 is 30.3 Å². The van der Waals surface area contributed by atoms with E-state index in [9.17, 15) is 29.1 Å². The number of carbonyl (C=O) groups is 5. The SMILES string of the molecule is CC(=O)OC(=O)NCCCCCCNC(=O)N(C(=O)O)c1ccc(Cc2ccc(NC(=O)OP)cc2)cc1. The Morgan fingerprint density at radius 2 is 1.37 bits per heavy atom. The van der Waals surface area contributed by atoms with Crippen molar-refractivity contribution in [3.63, 3.8) is 0 Å². The molecule has 4 N–H and O–H groups in total. The van der Waals surface area contributed by atoms with Crippen LogP contribution in [0.1, 0.15) is 43.7 Å². The molecule has 12 nitrogen and oxygen atoms in total. The van der Waals surface area contributed by atoms with Crippen LogP contribution in [0.5, 0.6) is 0 Å². The number of hydrogen-bond donors (Lipinski definition) is 4. The molecule has 0 aromatic heterocycles. The van der Waals surface area contributed by atoms with Gasteiger partial charge in [-0.15, -0.1) is 0 Å². The Hall–Kier alpha value is -4.18. The minimum absolute atomic E-state index is 0.220. The Kier molecular flexibility index (Phi) is 12.5. The molecule has 38 heavy (non-hydrogen) atoms. The maximum atomic E-state index is 12.5. The minimum Gasteiger partial charge on any atom is -0.464 e. The fraction of sp³-hybridized carbons (Fsp3) is 0.320. The lowest BCUT2D eigenvalue weighted by atomic mass is 10.0. The number of carboxylic acid groups (broad SMARTS) is 1. The zero-order chi connectivity index (χ0) is 27.9. The molecule has 204 valence electrons. The number of hydrogen-bond acceptors (Lipinski definition) is 7. The van der Waals surface area contributed by atoms with Crippen molar-refractivity contribution in [2.75, 3.05) is 23.3 Å². The highest BCUT2D eigenvalue weighted by Crippen LogP contribution is 2.19. The lowest BCUT2D eigenvalue weighted by molar-refractivity contribution is -0.134. The van der Waals surface area contributed by atoms with Crippen LogP contribution in [-0.4, -0.2) is 48.5 Å². The molecule has 1 unspecified atom stereocenters. The first kappa shape index (κ1) is 30.0. The summed E-state index contributed by atoms with van der Waals surface area (Å²) < 4.78 is 8.82. The fourth-order valence-corrected chi connectivity index (χ4v) is 3.46. The van der Waals surface area contributed by atoms with Crippen LogP contribution < -0.4 is 20.9 Å². The molecule has 0 radical (unpaired) electrons. The van der Waals surface area contributed by atoms with Gasteiger partial charge in [-0.05, 0) is 54.7 Å². The van der Waals surface area contributed by atoms with Gasteiger partial charge in [-0.2, -0.15) is 4.90 Å². The number of nitrogens with one attached hydrogen (secondary N) is 3. The number of anilines is 2. The van der Waals surface area contributed by atoms with Crippen LogP contribution in [0.4, 0.5) is 30.6 Å². The third kappa shape index (κ3) is 10.8. The molecule has 0 aliphatic carbocycles. The Morgan fingerprint density at radius 3 is 1.89 bits per heavy atom. The number of unbranched alkanes of at least 4 members (excludes halogenated alkanes) is 3. The molecule has 13 heteroatoms. The normalized spacial score (nSPS) is 10.2. The first-order valence-electron chi connectivity index (χ1n) is 11.8. The van der Waals surface area contributed by atoms with E-state index in [0.29, 0.717) is 42.9 Å². The number of benzene rings is 2. The maximum absolute atomic E-state index is 12.5. The van der Waals surface area contributed by atoms with Crippen LogP contribution in [0.2, 0.25) is 0 Å². The third-order valence-corrected chi connectivity index (χ3v) is 5.40. The summed E-state index contributed by atoms with van der Waals surface area (Å²) in [7, 11) is 1.87. The summed E-state index contributed by atoms with van der Waals surface area (Å²) >= 11 is 0. The lowest BCUT2D eigenvalue weighted by Crippen LogP contribution is -2.43. The quantitative estimate of drug-likeness (QED) is 0.137. The van der Waals surface area contributed by atoms with Crippen molar-refractivity contribution in [1.82, 2.24) is 10.6 Å². The highest BCUT2D eigenvalue weighted by atomic mass is 31.0. The van der Waals surface area contributed by atoms with Gasteiger partial charge in [-0.1, -0.05) is 37.1 Å². The van der Waals surface area contributed by atoms with E-state index in [1.807, 2.05) is 21.6 Å². The van der Waals surface area contributed by atoms with E-state index in [1.165, 1.54) is 0 Å². The number of nitrogens with zero attached hydrogens (tertiary/aromatic N) is 1. The van der Waals surface area contributed by atoms with Crippen molar-refractivity contribution in [2.45, 2.75) is 39.0 Å². The van der Waals surface area contributed by atoms with Gasteiger partial charge in [0, 0.05) is 25.7 Å². The fourth-order valence-electron chi connectivity index (χ4n) is 3.40. The monoisotopic (exact) mass is 546 g/mol. The van der Waals surface area contributed by atoms with Gasteiger partial charge in [0.25, 0.3) is 0 Å². The van der Waals surface area contributed by atoms with E-state index in [0.717, 1.165) is 30.9 Å². The second kappa shape index (κ2) is 15.8.